The number of benzene rings is 3. The van der Waals surface area contributed by atoms with Crippen LogP contribution in [0.5, 0.6) is 0 Å². The Labute approximate surface area is 198 Å². The lowest BCUT2D eigenvalue weighted by Gasteiger charge is -2.37. The first-order valence-electron chi connectivity index (χ1n) is 11.1. The van der Waals surface area contributed by atoms with Gasteiger partial charge in [-0.1, -0.05) is 30.4 Å². The normalized spacial score (nSPS) is 20.8. The van der Waals surface area contributed by atoms with E-state index in [0.717, 1.165) is 34.4 Å². The van der Waals surface area contributed by atoms with Gasteiger partial charge in [0.1, 0.15) is 0 Å². The van der Waals surface area contributed by atoms with Crippen molar-refractivity contribution in [3.63, 3.8) is 0 Å². The average Bonchev–Trinajstić information content (AvgIpc) is 3.27. The Balaban J connectivity index is 1.47. The maximum Gasteiger partial charge on any atom is 0.269 e. The van der Waals surface area contributed by atoms with Gasteiger partial charge in [0.05, 0.1) is 15.9 Å². The summed E-state index contributed by atoms with van der Waals surface area (Å²) in [5.74, 6) is 0.257. The molecule has 3 unspecified atom stereocenters. The minimum atomic E-state index is -3.75. The summed E-state index contributed by atoms with van der Waals surface area (Å²) in [5, 5.41) is 14.6. The van der Waals surface area contributed by atoms with Crippen LogP contribution in [0.4, 0.5) is 17.1 Å². The number of non-ortho nitro benzene ring substituents is 1. The zero-order valence-electron chi connectivity index (χ0n) is 18.9. The van der Waals surface area contributed by atoms with Crippen LogP contribution in [0.15, 0.2) is 77.7 Å². The van der Waals surface area contributed by atoms with Crippen molar-refractivity contribution in [1.29, 1.82) is 0 Å². The Kier molecular flexibility index (Phi) is 5.40. The Hall–Kier alpha value is -3.65. The van der Waals surface area contributed by atoms with E-state index in [2.05, 4.69) is 22.2 Å². The van der Waals surface area contributed by atoms with E-state index < -0.39 is 14.9 Å². The first-order chi connectivity index (χ1) is 16.2. The van der Waals surface area contributed by atoms with Crippen LogP contribution in [0.2, 0.25) is 0 Å². The summed E-state index contributed by atoms with van der Waals surface area (Å²) in [7, 11) is -3.75. The Morgan fingerprint density at radius 2 is 1.71 bits per heavy atom. The van der Waals surface area contributed by atoms with Crippen LogP contribution in [0, 0.1) is 29.9 Å². The molecule has 7 nitrogen and oxygen atoms in total. The average molecular weight is 476 g/mol. The molecule has 3 aromatic carbocycles. The minimum absolute atomic E-state index is 0.0239. The Bertz CT molecular complexity index is 1390. The Morgan fingerprint density at radius 1 is 1.00 bits per heavy atom. The van der Waals surface area contributed by atoms with Crippen molar-refractivity contribution in [1.82, 2.24) is 0 Å². The van der Waals surface area contributed by atoms with Gasteiger partial charge in [-0.05, 0) is 78.8 Å². The number of nitrogens with zero attached hydrogens (tertiary/aromatic N) is 1. The number of nitro groups is 1. The van der Waals surface area contributed by atoms with Crippen molar-refractivity contribution in [3.8, 4) is 0 Å². The number of anilines is 2. The smallest absolute Gasteiger partial charge is 0.269 e. The van der Waals surface area contributed by atoms with Gasteiger partial charge in [0.15, 0.2) is 0 Å². The van der Waals surface area contributed by atoms with Gasteiger partial charge >= 0.3 is 0 Å². The van der Waals surface area contributed by atoms with Gasteiger partial charge in [0, 0.05) is 29.4 Å². The molecule has 0 saturated carbocycles. The van der Waals surface area contributed by atoms with Crippen molar-refractivity contribution >= 4 is 27.1 Å². The van der Waals surface area contributed by atoms with Crippen LogP contribution in [-0.2, 0) is 10.0 Å². The number of nitrogens with one attached hydrogen (secondary N) is 2. The van der Waals surface area contributed by atoms with Crippen LogP contribution >= 0.6 is 0 Å². The van der Waals surface area contributed by atoms with Gasteiger partial charge in [0.2, 0.25) is 0 Å². The summed E-state index contributed by atoms with van der Waals surface area (Å²) in [4.78, 5) is 10.8. The Morgan fingerprint density at radius 3 is 2.38 bits per heavy atom. The fourth-order valence-electron chi connectivity index (χ4n) is 5.12. The fraction of sp³-hybridized carbons (Fsp3) is 0.231. The molecule has 0 fully saturated rings. The second kappa shape index (κ2) is 8.29. The van der Waals surface area contributed by atoms with Gasteiger partial charge in [-0.15, -0.1) is 0 Å². The van der Waals surface area contributed by atoms with E-state index in [1.54, 1.807) is 24.3 Å². The zero-order valence-corrected chi connectivity index (χ0v) is 19.7. The molecule has 2 N–H and O–H groups in total. The number of fused-ring (bicyclic) bond motifs is 3. The van der Waals surface area contributed by atoms with Crippen molar-refractivity contribution in [2.75, 3.05) is 10.0 Å². The largest absolute Gasteiger partial charge is 0.378 e. The highest BCUT2D eigenvalue weighted by Gasteiger charge is 2.38. The predicted molar refractivity (Wildman–Crippen MR) is 133 cm³/mol. The molecule has 8 heteroatoms. The van der Waals surface area contributed by atoms with Gasteiger partial charge in [-0.2, -0.15) is 0 Å². The van der Waals surface area contributed by atoms with Crippen LogP contribution in [0.25, 0.3) is 0 Å². The quantitative estimate of drug-likeness (QED) is 0.274. The van der Waals surface area contributed by atoms with Crippen molar-refractivity contribution in [3.05, 3.63) is 105 Å². The molecule has 3 atom stereocenters. The van der Waals surface area contributed by atoms with Gasteiger partial charge in [0.25, 0.3) is 15.7 Å². The van der Waals surface area contributed by atoms with E-state index in [-0.39, 0.29) is 28.5 Å². The maximum atomic E-state index is 13.2. The summed E-state index contributed by atoms with van der Waals surface area (Å²) < 4.78 is 29.1. The highest BCUT2D eigenvalue weighted by molar-refractivity contribution is 7.92. The zero-order chi connectivity index (χ0) is 24.0. The molecule has 1 aliphatic heterocycles. The fourth-order valence-corrected chi connectivity index (χ4v) is 6.20. The second-order valence-corrected chi connectivity index (χ2v) is 10.7. The molecule has 0 aromatic heterocycles. The molecule has 0 saturated heterocycles. The lowest BCUT2D eigenvalue weighted by atomic mass is 9.77. The number of rotatable bonds is 5. The molecular weight excluding hydrogens is 450 g/mol. The summed E-state index contributed by atoms with van der Waals surface area (Å²) in [5.41, 5.74) is 5.38. The molecule has 34 heavy (non-hydrogen) atoms. The standard InChI is InChI=1S/C26H25N3O4S/c1-16-12-17(2)14-19(13-16)28-34(32,33)21-10-11-25-24(15-21)22-4-3-5-23(22)26(27-25)18-6-8-20(9-7-18)29(30)31/h3-4,6-15,22-23,26-28H,5H2,1-2H3. The molecule has 0 bridgehead atoms. The molecule has 0 radical (unpaired) electrons. The van der Waals surface area contributed by atoms with Crippen molar-refractivity contribution < 1.29 is 13.3 Å². The number of aryl methyl sites for hydroxylation is 2. The predicted octanol–water partition coefficient (Wildman–Crippen LogP) is 5.84. The number of nitro benzene ring substituents is 1. The van der Waals surface area contributed by atoms with Crippen LogP contribution in [0.3, 0.4) is 0 Å². The first kappa shape index (κ1) is 22.2. The monoisotopic (exact) mass is 475 g/mol. The van der Waals surface area contributed by atoms with Gasteiger partial charge < -0.3 is 5.32 Å². The number of sulfonamides is 1. The summed E-state index contributed by atoms with van der Waals surface area (Å²) in [6, 6.07) is 17.4. The lowest BCUT2D eigenvalue weighted by Crippen LogP contribution is -2.29. The molecule has 174 valence electrons. The SMILES string of the molecule is Cc1cc(C)cc(NS(=O)(=O)c2ccc3c(c2)C2C=CCC2C(c2ccc([N+](=O)[O-])cc2)N3)c1. The molecule has 0 spiro atoms. The van der Waals surface area contributed by atoms with Crippen molar-refractivity contribution in [2.24, 2.45) is 5.92 Å². The second-order valence-electron chi connectivity index (χ2n) is 9.06. The van der Waals surface area contributed by atoms with E-state index in [4.69, 9.17) is 0 Å². The number of hydrogen-bond acceptors (Lipinski definition) is 5. The van der Waals surface area contributed by atoms with E-state index >= 15 is 0 Å². The lowest BCUT2D eigenvalue weighted by molar-refractivity contribution is -0.384. The summed E-state index contributed by atoms with van der Waals surface area (Å²) >= 11 is 0. The maximum absolute atomic E-state index is 13.2. The highest BCUT2D eigenvalue weighted by atomic mass is 32.2. The third-order valence-electron chi connectivity index (χ3n) is 6.58. The summed E-state index contributed by atoms with van der Waals surface area (Å²) in [6.07, 6.45) is 5.10. The van der Waals surface area contributed by atoms with Gasteiger partial charge in [-0.25, -0.2) is 8.42 Å². The van der Waals surface area contributed by atoms with E-state index in [0.29, 0.717) is 5.69 Å². The van der Waals surface area contributed by atoms with E-state index in [1.165, 1.54) is 12.1 Å². The topological polar surface area (TPSA) is 101 Å². The van der Waals surface area contributed by atoms with Crippen LogP contribution in [-0.4, -0.2) is 13.3 Å². The van der Waals surface area contributed by atoms with Crippen LogP contribution in [0.1, 0.15) is 40.6 Å². The molecule has 0 amide bonds. The first-order valence-corrected chi connectivity index (χ1v) is 12.6. The minimum Gasteiger partial charge on any atom is -0.378 e. The molecule has 2 aliphatic rings. The molecule has 5 rings (SSSR count). The van der Waals surface area contributed by atoms with E-state index in [1.807, 2.05) is 38.1 Å². The van der Waals surface area contributed by atoms with Crippen LogP contribution < -0.4 is 10.0 Å². The highest BCUT2D eigenvalue weighted by Crippen LogP contribution is 2.50. The summed E-state index contributed by atoms with van der Waals surface area (Å²) in [6.45, 7) is 3.87. The number of allylic oxidation sites excluding steroid dienone is 2. The van der Waals surface area contributed by atoms with Gasteiger partial charge in [-0.3, -0.25) is 14.8 Å². The molecule has 1 heterocycles. The third kappa shape index (κ3) is 4.05. The molecule has 3 aromatic rings. The number of hydrogen-bond donors (Lipinski definition) is 2. The third-order valence-corrected chi connectivity index (χ3v) is 7.96. The molecular formula is C26H25N3O4S. The van der Waals surface area contributed by atoms with E-state index in [9.17, 15) is 18.5 Å². The van der Waals surface area contributed by atoms with Crippen molar-refractivity contribution in [2.45, 2.75) is 37.1 Å². The molecule has 1 aliphatic carbocycles.